The van der Waals surface area contributed by atoms with Crippen LogP contribution in [0.15, 0.2) is 79.0 Å². The molecule has 1 aromatic heterocycles. The summed E-state index contributed by atoms with van der Waals surface area (Å²) < 4.78 is 0. The fraction of sp³-hybridized carbons (Fsp3) is 0.0952. The number of hydrogen-bond donors (Lipinski definition) is 1. The highest BCUT2D eigenvalue weighted by Crippen LogP contribution is 2.18. The number of hydrogen-bond acceptors (Lipinski definition) is 3. The van der Waals surface area contributed by atoms with Crippen molar-refractivity contribution in [2.45, 2.75) is 13.5 Å². The van der Waals surface area contributed by atoms with Gasteiger partial charge in [-0.3, -0.25) is 14.5 Å². The SMILES string of the molecule is Cc1cccnc1NC(=O)C(=O)N(Cc1ccccc1)c1ccccc1. The molecule has 0 aliphatic heterocycles. The Bertz CT molecular complexity index is 895. The summed E-state index contributed by atoms with van der Waals surface area (Å²) in [6.07, 6.45) is 1.58. The molecule has 0 saturated carbocycles. The standard InChI is InChI=1S/C21H19N3O2/c1-16-9-8-14-22-19(16)23-20(25)21(26)24(18-12-6-3-7-13-18)15-17-10-4-2-5-11-17/h2-14H,15H2,1H3,(H,22,23,25). The van der Waals surface area contributed by atoms with Crippen molar-refractivity contribution in [2.75, 3.05) is 10.2 Å². The molecule has 1 N–H and O–H groups in total. The Morgan fingerprint density at radius 3 is 2.23 bits per heavy atom. The van der Waals surface area contributed by atoms with Crippen LogP contribution < -0.4 is 10.2 Å². The van der Waals surface area contributed by atoms with Crippen molar-refractivity contribution in [2.24, 2.45) is 0 Å². The van der Waals surface area contributed by atoms with E-state index in [1.165, 1.54) is 4.90 Å². The van der Waals surface area contributed by atoms with Crippen LogP contribution in [0.5, 0.6) is 0 Å². The topological polar surface area (TPSA) is 62.3 Å². The van der Waals surface area contributed by atoms with Crippen molar-refractivity contribution in [3.8, 4) is 0 Å². The average Bonchev–Trinajstić information content (AvgIpc) is 2.69. The van der Waals surface area contributed by atoms with Crippen LogP contribution in [0, 0.1) is 6.92 Å². The van der Waals surface area contributed by atoms with Gasteiger partial charge in [-0.15, -0.1) is 0 Å². The number of carbonyl (C=O) groups excluding carboxylic acids is 2. The lowest BCUT2D eigenvalue weighted by molar-refractivity contribution is -0.134. The Morgan fingerprint density at radius 2 is 1.58 bits per heavy atom. The summed E-state index contributed by atoms with van der Waals surface area (Å²) in [6, 6.07) is 22.3. The summed E-state index contributed by atoms with van der Waals surface area (Å²) in [5, 5.41) is 2.60. The maximum Gasteiger partial charge on any atom is 0.317 e. The summed E-state index contributed by atoms with van der Waals surface area (Å²) in [7, 11) is 0. The van der Waals surface area contributed by atoms with Crippen molar-refractivity contribution in [3.63, 3.8) is 0 Å². The third-order valence-electron chi connectivity index (χ3n) is 3.93. The molecule has 0 aliphatic rings. The van der Waals surface area contributed by atoms with E-state index < -0.39 is 11.8 Å². The van der Waals surface area contributed by atoms with Crippen LogP contribution in [-0.2, 0) is 16.1 Å². The van der Waals surface area contributed by atoms with Crippen LogP contribution >= 0.6 is 0 Å². The molecule has 2 amide bonds. The predicted molar refractivity (Wildman–Crippen MR) is 102 cm³/mol. The number of rotatable bonds is 4. The lowest BCUT2D eigenvalue weighted by Crippen LogP contribution is -2.39. The van der Waals surface area contributed by atoms with E-state index in [2.05, 4.69) is 10.3 Å². The van der Waals surface area contributed by atoms with Crippen LogP contribution in [0.25, 0.3) is 0 Å². The van der Waals surface area contributed by atoms with Crippen LogP contribution in [0.3, 0.4) is 0 Å². The maximum atomic E-state index is 12.8. The van der Waals surface area contributed by atoms with Crippen molar-refractivity contribution < 1.29 is 9.59 Å². The van der Waals surface area contributed by atoms with E-state index in [1.54, 1.807) is 24.4 Å². The Hall–Kier alpha value is -3.47. The highest BCUT2D eigenvalue weighted by Gasteiger charge is 2.24. The first-order valence-corrected chi connectivity index (χ1v) is 8.28. The molecule has 26 heavy (non-hydrogen) atoms. The molecule has 0 spiro atoms. The van der Waals surface area contributed by atoms with Crippen molar-refractivity contribution in [1.29, 1.82) is 0 Å². The summed E-state index contributed by atoms with van der Waals surface area (Å²) in [5.74, 6) is -0.963. The second kappa shape index (κ2) is 8.07. The van der Waals surface area contributed by atoms with Gasteiger partial charge in [0.2, 0.25) is 0 Å². The first-order valence-electron chi connectivity index (χ1n) is 8.28. The zero-order valence-corrected chi connectivity index (χ0v) is 14.4. The molecular weight excluding hydrogens is 326 g/mol. The molecule has 130 valence electrons. The number of carbonyl (C=O) groups is 2. The van der Waals surface area contributed by atoms with Gasteiger partial charge in [-0.05, 0) is 36.2 Å². The minimum Gasteiger partial charge on any atom is -0.302 e. The minimum absolute atomic E-state index is 0.304. The molecule has 0 atom stereocenters. The van der Waals surface area contributed by atoms with E-state index in [0.29, 0.717) is 18.1 Å². The zero-order chi connectivity index (χ0) is 18.4. The first kappa shape index (κ1) is 17.4. The van der Waals surface area contributed by atoms with Crippen LogP contribution in [0.2, 0.25) is 0 Å². The zero-order valence-electron chi connectivity index (χ0n) is 14.4. The van der Waals surface area contributed by atoms with E-state index >= 15 is 0 Å². The van der Waals surface area contributed by atoms with Gasteiger partial charge in [-0.1, -0.05) is 54.6 Å². The summed E-state index contributed by atoms with van der Waals surface area (Å²) in [5.41, 5.74) is 2.39. The summed E-state index contributed by atoms with van der Waals surface area (Å²) >= 11 is 0. The van der Waals surface area contributed by atoms with Gasteiger partial charge in [0.25, 0.3) is 0 Å². The lowest BCUT2D eigenvalue weighted by atomic mass is 10.2. The maximum absolute atomic E-state index is 12.8. The van der Waals surface area contributed by atoms with E-state index in [1.807, 2.05) is 61.5 Å². The number of amides is 2. The average molecular weight is 345 g/mol. The predicted octanol–water partition coefficient (Wildman–Crippen LogP) is 3.56. The number of anilines is 2. The molecular formula is C21H19N3O2. The van der Waals surface area contributed by atoms with Crippen molar-refractivity contribution >= 4 is 23.3 Å². The molecule has 0 radical (unpaired) electrons. The smallest absolute Gasteiger partial charge is 0.302 e. The highest BCUT2D eigenvalue weighted by atomic mass is 16.2. The Balaban J connectivity index is 1.85. The van der Waals surface area contributed by atoms with E-state index in [9.17, 15) is 9.59 Å². The fourth-order valence-electron chi connectivity index (χ4n) is 2.55. The second-order valence-electron chi connectivity index (χ2n) is 5.84. The number of aromatic nitrogens is 1. The Morgan fingerprint density at radius 1 is 0.923 bits per heavy atom. The normalized spacial score (nSPS) is 10.2. The molecule has 5 nitrogen and oxygen atoms in total. The molecule has 0 unspecified atom stereocenters. The number of nitrogens with one attached hydrogen (secondary N) is 1. The number of benzene rings is 2. The Kier molecular flexibility index (Phi) is 5.39. The van der Waals surface area contributed by atoms with Gasteiger partial charge in [-0.2, -0.15) is 0 Å². The molecule has 2 aromatic carbocycles. The van der Waals surface area contributed by atoms with Crippen LogP contribution in [0.1, 0.15) is 11.1 Å². The molecule has 0 aliphatic carbocycles. The first-order chi connectivity index (χ1) is 12.6. The van der Waals surface area contributed by atoms with Crippen molar-refractivity contribution in [1.82, 2.24) is 4.98 Å². The number of pyridine rings is 1. The highest BCUT2D eigenvalue weighted by molar-refractivity contribution is 6.44. The summed E-state index contributed by atoms with van der Waals surface area (Å²) in [6.45, 7) is 2.13. The van der Waals surface area contributed by atoms with E-state index in [0.717, 1.165) is 11.1 Å². The Labute approximate surface area is 152 Å². The third kappa shape index (κ3) is 4.13. The third-order valence-corrected chi connectivity index (χ3v) is 3.93. The monoisotopic (exact) mass is 345 g/mol. The van der Waals surface area contributed by atoms with Gasteiger partial charge in [0.1, 0.15) is 5.82 Å². The number of para-hydroxylation sites is 1. The van der Waals surface area contributed by atoms with Gasteiger partial charge in [0.05, 0.1) is 6.54 Å². The van der Waals surface area contributed by atoms with Gasteiger partial charge < -0.3 is 5.32 Å². The van der Waals surface area contributed by atoms with Crippen LogP contribution in [0.4, 0.5) is 11.5 Å². The molecule has 3 aromatic rings. The van der Waals surface area contributed by atoms with Crippen LogP contribution in [-0.4, -0.2) is 16.8 Å². The molecule has 3 rings (SSSR count). The quantitative estimate of drug-likeness (QED) is 0.736. The van der Waals surface area contributed by atoms with Gasteiger partial charge >= 0.3 is 11.8 Å². The van der Waals surface area contributed by atoms with Gasteiger partial charge in [-0.25, -0.2) is 4.98 Å². The summed E-state index contributed by atoms with van der Waals surface area (Å²) in [4.78, 5) is 31.0. The number of aryl methyl sites for hydroxylation is 1. The van der Waals surface area contributed by atoms with Crippen molar-refractivity contribution in [3.05, 3.63) is 90.1 Å². The molecule has 1 heterocycles. The minimum atomic E-state index is -0.716. The molecule has 5 heteroatoms. The van der Waals surface area contributed by atoms with Gasteiger partial charge in [0.15, 0.2) is 0 Å². The van der Waals surface area contributed by atoms with E-state index in [4.69, 9.17) is 0 Å². The fourth-order valence-corrected chi connectivity index (χ4v) is 2.55. The molecule has 0 saturated heterocycles. The second-order valence-corrected chi connectivity index (χ2v) is 5.84. The number of nitrogens with zero attached hydrogens (tertiary/aromatic N) is 2. The largest absolute Gasteiger partial charge is 0.317 e. The van der Waals surface area contributed by atoms with E-state index in [-0.39, 0.29) is 0 Å². The van der Waals surface area contributed by atoms with Gasteiger partial charge in [0, 0.05) is 11.9 Å². The lowest BCUT2D eigenvalue weighted by Gasteiger charge is -2.22. The molecule has 0 fully saturated rings. The molecule has 0 bridgehead atoms.